The summed E-state index contributed by atoms with van der Waals surface area (Å²) in [5.74, 6) is -0.393. The molecule has 0 saturated heterocycles. The highest BCUT2D eigenvalue weighted by Gasteiger charge is 2.12. The van der Waals surface area contributed by atoms with Crippen molar-refractivity contribution >= 4 is 23.2 Å². The zero-order valence-electron chi connectivity index (χ0n) is 7.82. The second-order valence-electron chi connectivity index (χ2n) is 2.63. The lowest BCUT2D eigenvalue weighted by atomic mass is 10.1. The minimum Gasteiger partial charge on any atom is -0.462 e. The summed E-state index contributed by atoms with van der Waals surface area (Å²) in [7, 11) is 0. The third-order valence-electron chi connectivity index (χ3n) is 1.69. The molecule has 0 bridgehead atoms. The van der Waals surface area contributed by atoms with Gasteiger partial charge < -0.3 is 10.5 Å². The van der Waals surface area contributed by atoms with Crippen molar-refractivity contribution in [2.24, 2.45) is 5.73 Å². The summed E-state index contributed by atoms with van der Waals surface area (Å²) in [5, 5.41) is 0. The average molecular weight is 209 g/mol. The van der Waals surface area contributed by atoms with E-state index in [-0.39, 0.29) is 4.99 Å². The summed E-state index contributed by atoms with van der Waals surface area (Å²) in [4.78, 5) is 11.6. The molecule has 4 heteroatoms. The van der Waals surface area contributed by atoms with E-state index in [0.29, 0.717) is 17.7 Å². The fourth-order valence-corrected chi connectivity index (χ4v) is 1.26. The monoisotopic (exact) mass is 209 g/mol. The molecule has 0 aliphatic rings. The first-order valence-corrected chi connectivity index (χ1v) is 4.63. The fraction of sp³-hybridized carbons (Fsp3) is 0.200. The second-order valence-corrected chi connectivity index (χ2v) is 3.07. The number of thiocarbonyl (C=S) groups is 1. The van der Waals surface area contributed by atoms with Crippen LogP contribution in [0.25, 0.3) is 0 Å². The SMILES string of the molecule is CCOC(=O)c1ccccc1C(N)=S. The first-order chi connectivity index (χ1) is 6.66. The van der Waals surface area contributed by atoms with Crippen LogP contribution in [0.2, 0.25) is 0 Å². The summed E-state index contributed by atoms with van der Waals surface area (Å²) in [6, 6.07) is 6.87. The van der Waals surface area contributed by atoms with Gasteiger partial charge in [0.25, 0.3) is 0 Å². The van der Waals surface area contributed by atoms with Crippen LogP contribution in [0.4, 0.5) is 0 Å². The second kappa shape index (κ2) is 4.72. The molecule has 0 spiro atoms. The topological polar surface area (TPSA) is 52.3 Å². The lowest BCUT2D eigenvalue weighted by Crippen LogP contribution is -2.16. The number of carbonyl (C=O) groups excluding carboxylic acids is 1. The number of esters is 1. The van der Waals surface area contributed by atoms with Gasteiger partial charge in [-0.15, -0.1) is 0 Å². The summed E-state index contributed by atoms with van der Waals surface area (Å²) < 4.78 is 4.86. The average Bonchev–Trinajstić information content (AvgIpc) is 2.18. The fourth-order valence-electron chi connectivity index (χ4n) is 1.08. The molecule has 0 saturated carbocycles. The van der Waals surface area contributed by atoms with Crippen molar-refractivity contribution in [3.63, 3.8) is 0 Å². The molecule has 0 aliphatic carbocycles. The standard InChI is InChI=1S/C10H11NO2S/c1-2-13-10(12)8-6-4-3-5-7(8)9(11)14/h3-6H,2H2,1H3,(H2,11,14). The molecular formula is C10H11NO2S. The Balaban J connectivity index is 3.07. The van der Waals surface area contributed by atoms with E-state index in [2.05, 4.69) is 0 Å². The van der Waals surface area contributed by atoms with Crippen LogP contribution in [-0.2, 0) is 4.74 Å². The summed E-state index contributed by atoms with van der Waals surface area (Å²) in [6.45, 7) is 2.09. The van der Waals surface area contributed by atoms with Gasteiger partial charge in [-0.3, -0.25) is 0 Å². The predicted octanol–water partition coefficient (Wildman–Crippen LogP) is 1.50. The molecule has 0 unspecified atom stereocenters. The van der Waals surface area contributed by atoms with Crippen LogP contribution >= 0.6 is 12.2 Å². The highest BCUT2D eigenvalue weighted by Crippen LogP contribution is 2.09. The molecule has 0 fully saturated rings. The maximum Gasteiger partial charge on any atom is 0.338 e. The van der Waals surface area contributed by atoms with Crippen LogP contribution in [0.1, 0.15) is 22.8 Å². The predicted molar refractivity (Wildman–Crippen MR) is 58.3 cm³/mol. The molecule has 0 radical (unpaired) electrons. The van der Waals surface area contributed by atoms with Crippen LogP contribution in [-0.4, -0.2) is 17.6 Å². The molecule has 0 aromatic heterocycles. The Morgan fingerprint density at radius 1 is 1.43 bits per heavy atom. The van der Waals surface area contributed by atoms with Crippen LogP contribution in [0.3, 0.4) is 0 Å². The van der Waals surface area contributed by atoms with Crippen molar-refractivity contribution in [2.75, 3.05) is 6.61 Å². The van der Waals surface area contributed by atoms with E-state index in [9.17, 15) is 4.79 Å². The summed E-state index contributed by atoms with van der Waals surface area (Å²) >= 11 is 4.82. The molecule has 14 heavy (non-hydrogen) atoms. The van der Waals surface area contributed by atoms with Crippen molar-refractivity contribution in [1.29, 1.82) is 0 Å². The quantitative estimate of drug-likeness (QED) is 0.605. The Kier molecular flexibility index (Phi) is 3.59. The maximum absolute atomic E-state index is 11.4. The number of hydrogen-bond acceptors (Lipinski definition) is 3. The smallest absolute Gasteiger partial charge is 0.338 e. The van der Waals surface area contributed by atoms with Crippen molar-refractivity contribution < 1.29 is 9.53 Å². The van der Waals surface area contributed by atoms with Gasteiger partial charge in [0, 0.05) is 5.56 Å². The Hall–Kier alpha value is -1.42. The van der Waals surface area contributed by atoms with Gasteiger partial charge in [-0.2, -0.15) is 0 Å². The number of nitrogens with two attached hydrogens (primary N) is 1. The molecule has 3 nitrogen and oxygen atoms in total. The zero-order valence-corrected chi connectivity index (χ0v) is 8.64. The lowest BCUT2D eigenvalue weighted by Gasteiger charge is -2.06. The Morgan fingerprint density at radius 3 is 2.50 bits per heavy atom. The number of ether oxygens (including phenoxy) is 1. The zero-order chi connectivity index (χ0) is 10.6. The first-order valence-electron chi connectivity index (χ1n) is 4.22. The van der Waals surface area contributed by atoms with Crippen molar-refractivity contribution in [1.82, 2.24) is 0 Å². The minimum atomic E-state index is -0.393. The van der Waals surface area contributed by atoms with Gasteiger partial charge >= 0.3 is 5.97 Å². The highest BCUT2D eigenvalue weighted by atomic mass is 32.1. The highest BCUT2D eigenvalue weighted by molar-refractivity contribution is 7.80. The van der Waals surface area contributed by atoms with E-state index in [0.717, 1.165) is 0 Å². The molecule has 0 amide bonds. The number of carbonyl (C=O) groups is 1. The van der Waals surface area contributed by atoms with Gasteiger partial charge in [0.1, 0.15) is 4.99 Å². The van der Waals surface area contributed by atoms with Gasteiger partial charge in [-0.1, -0.05) is 30.4 Å². The molecule has 2 N–H and O–H groups in total. The molecule has 0 aliphatic heterocycles. The third kappa shape index (κ3) is 2.29. The number of benzene rings is 1. The largest absolute Gasteiger partial charge is 0.462 e. The van der Waals surface area contributed by atoms with Crippen molar-refractivity contribution in [2.45, 2.75) is 6.92 Å². The lowest BCUT2D eigenvalue weighted by molar-refractivity contribution is 0.0526. The normalized spacial score (nSPS) is 9.50. The molecule has 1 aromatic carbocycles. The molecule has 1 rings (SSSR count). The molecule has 0 heterocycles. The van der Waals surface area contributed by atoms with Gasteiger partial charge in [0.2, 0.25) is 0 Å². The van der Waals surface area contributed by atoms with Gasteiger partial charge in [0.05, 0.1) is 12.2 Å². The molecule has 1 aromatic rings. The maximum atomic E-state index is 11.4. The van der Waals surface area contributed by atoms with Crippen LogP contribution in [0, 0.1) is 0 Å². The Morgan fingerprint density at radius 2 is 2.00 bits per heavy atom. The van der Waals surface area contributed by atoms with Crippen molar-refractivity contribution in [3.8, 4) is 0 Å². The van der Waals surface area contributed by atoms with Crippen molar-refractivity contribution in [3.05, 3.63) is 35.4 Å². The third-order valence-corrected chi connectivity index (χ3v) is 1.91. The van der Waals surface area contributed by atoms with Crippen LogP contribution < -0.4 is 5.73 Å². The van der Waals surface area contributed by atoms with Gasteiger partial charge in [0.15, 0.2) is 0 Å². The Labute approximate surface area is 87.9 Å². The first kappa shape index (κ1) is 10.7. The van der Waals surface area contributed by atoms with Gasteiger partial charge in [-0.25, -0.2) is 4.79 Å². The van der Waals surface area contributed by atoms with E-state index in [1.807, 2.05) is 0 Å². The van der Waals surface area contributed by atoms with E-state index in [1.165, 1.54) is 0 Å². The summed E-state index contributed by atoms with van der Waals surface area (Å²) in [5.41, 5.74) is 6.45. The van der Waals surface area contributed by atoms with E-state index >= 15 is 0 Å². The number of hydrogen-bond donors (Lipinski definition) is 1. The van der Waals surface area contributed by atoms with E-state index in [1.54, 1.807) is 31.2 Å². The van der Waals surface area contributed by atoms with Gasteiger partial charge in [-0.05, 0) is 13.0 Å². The minimum absolute atomic E-state index is 0.202. The van der Waals surface area contributed by atoms with Crippen LogP contribution in [0.5, 0.6) is 0 Å². The van der Waals surface area contributed by atoms with E-state index in [4.69, 9.17) is 22.7 Å². The molecule has 74 valence electrons. The molecular weight excluding hydrogens is 198 g/mol. The number of rotatable bonds is 3. The molecule has 0 atom stereocenters. The summed E-state index contributed by atoms with van der Waals surface area (Å²) in [6.07, 6.45) is 0. The Bertz CT molecular complexity index is 363. The van der Waals surface area contributed by atoms with Crippen LogP contribution in [0.15, 0.2) is 24.3 Å². The van der Waals surface area contributed by atoms with E-state index < -0.39 is 5.97 Å².